The van der Waals surface area contributed by atoms with Gasteiger partial charge in [0.15, 0.2) is 0 Å². The number of carbonyl (C=O) groups is 3. The maximum Gasteiger partial charge on any atom is 0.308 e. The third-order valence-corrected chi connectivity index (χ3v) is 3.86. The van der Waals surface area contributed by atoms with Crippen LogP contribution < -0.4 is 10.6 Å². The number of aliphatic carboxylic acids is 1. The van der Waals surface area contributed by atoms with Gasteiger partial charge in [-0.25, -0.2) is 0 Å². The Hall–Kier alpha value is -1.89. The molecule has 0 fully saturated rings. The van der Waals surface area contributed by atoms with E-state index in [1.807, 2.05) is 6.92 Å². The Kier molecular flexibility index (Phi) is 6.87. The molecule has 0 radical (unpaired) electrons. The smallest absolute Gasteiger partial charge is 0.308 e. The molecule has 0 bridgehead atoms. The van der Waals surface area contributed by atoms with Crippen LogP contribution in [-0.2, 0) is 9.59 Å². The molecule has 7 heteroatoms. The lowest BCUT2D eigenvalue weighted by Gasteiger charge is -2.16. The fourth-order valence-electron chi connectivity index (χ4n) is 1.78. The molecule has 2 amide bonds. The molecule has 0 aromatic carbocycles. The number of nitrogens with one attached hydrogen (secondary N) is 2. The van der Waals surface area contributed by atoms with Crippen LogP contribution in [0.2, 0.25) is 0 Å². The van der Waals surface area contributed by atoms with Crippen LogP contribution in [-0.4, -0.2) is 35.5 Å². The third kappa shape index (κ3) is 5.55. The standard InChI is InChI=1S/C14H20N2O4S/c1-3-5-10(14(19)20)8-15-12(17)9(2)16-13(18)11-6-4-7-21-11/h4,6-7,9-10H,3,5,8H2,1-2H3,(H,15,17)(H,16,18)(H,19,20). The summed E-state index contributed by atoms with van der Waals surface area (Å²) in [5, 5.41) is 15.9. The van der Waals surface area contributed by atoms with Gasteiger partial charge in [0.1, 0.15) is 6.04 Å². The summed E-state index contributed by atoms with van der Waals surface area (Å²) in [6.07, 6.45) is 1.24. The second kappa shape index (κ2) is 8.41. The number of hydrogen-bond donors (Lipinski definition) is 3. The molecule has 3 N–H and O–H groups in total. The van der Waals surface area contributed by atoms with Crippen molar-refractivity contribution in [1.82, 2.24) is 10.6 Å². The zero-order chi connectivity index (χ0) is 15.8. The van der Waals surface area contributed by atoms with Gasteiger partial charge in [-0.2, -0.15) is 0 Å². The highest BCUT2D eigenvalue weighted by Gasteiger charge is 2.21. The van der Waals surface area contributed by atoms with Gasteiger partial charge in [0, 0.05) is 6.54 Å². The first-order valence-electron chi connectivity index (χ1n) is 6.80. The summed E-state index contributed by atoms with van der Waals surface area (Å²) in [6, 6.07) is 2.72. The van der Waals surface area contributed by atoms with Crippen molar-refractivity contribution in [2.75, 3.05) is 6.54 Å². The summed E-state index contributed by atoms with van der Waals surface area (Å²) in [4.78, 5) is 35.2. The van der Waals surface area contributed by atoms with Gasteiger partial charge < -0.3 is 15.7 Å². The third-order valence-electron chi connectivity index (χ3n) is 2.99. The van der Waals surface area contributed by atoms with Crippen LogP contribution in [0.5, 0.6) is 0 Å². The molecule has 2 atom stereocenters. The van der Waals surface area contributed by atoms with Crippen LogP contribution in [0.4, 0.5) is 0 Å². The molecule has 0 spiro atoms. The van der Waals surface area contributed by atoms with Crippen molar-refractivity contribution < 1.29 is 19.5 Å². The van der Waals surface area contributed by atoms with Crippen molar-refractivity contribution in [3.05, 3.63) is 22.4 Å². The Balaban J connectivity index is 2.43. The minimum Gasteiger partial charge on any atom is -0.481 e. The first-order valence-corrected chi connectivity index (χ1v) is 7.68. The number of carboxylic acids is 1. The summed E-state index contributed by atoms with van der Waals surface area (Å²) in [6.45, 7) is 3.53. The minimum atomic E-state index is -0.924. The van der Waals surface area contributed by atoms with E-state index in [1.165, 1.54) is 11.3 Å². The van der Waals surface area contributed by atoms with Crippen LogP contribution in [0, 0.1) is 5.92 Å². The number of carboxylic acid groups (broad SMARTS) is 1. The summed E-state index contributed by atoms with van der Waals surface area (Å²) in [7, 11) is 0. The van der Waals surface area contributed by atoms with Crippen molar-refractivity contribution in [3.8, 4) is 0 Å². The maximum atomic E-state index is 11.9. The van der Waals surface area contributed by atoms with Gasteiger partial charge in [-0.05, 0) is 24.8 Å². The van der Waals surface area contributed by atoms with Gasteiger partial charge in [0.05, 0.1) is 10.8 Å². The first kappa shape index (κ1) is 17.2. The molecular weight excluding hydrogens is 292 g/mol. The predicted octanol–water partition coefficient (Wildman–Crippen LogP) is 1.48. The topological polar surface area (TPSA) is 95.5 Å². The van der Waals surface area contributed by atoms with Gasteiger partial charge in [-0.15, -0.1) is 11.3 Å². The molecule has 1 aromatic heterocycles. The molecular formula is C14H20N2O4S. The molecule has 1 rings (SSSR count). The van der Waals surface area contributed by atoms with E-state index in [1.54, 1.807) is 24.4 Å². The molecule has 0 saturated carbocycles. The Bertz CT molecular complexity index is 487. The lowest BCUT2D eigenvalue weighted by Crippen LogP contribution is -2.46. The summed E-state index contributed by atoms with van der Waals surface area (Å²) in [5.41, 5.74) is 0. The van der Waals surface area contributed by atoms with Crippen LogP contribution in [0.3, 0.4) is 0 Å². The fraction of sp³-hybridized carbons (Fsp3) is 0.500. The molecule has 1 heterocycles. The van der Waals surface area contributed by atoms with E-state index in [9.17, 15) is 14.4 Å². The molecule has 0 saturated heterocycles. The largest absolute Gasteiger partial charge is 0.481 e. The van der Waals surface area contributed by atoms with Crippen molar-refractivity contribution in [2.24, 2.45) is 5.92 Å². The molecule has 0 aliphatic carbocycles. The van der Waals surface area contributed by atoms with E-state index < -0.39 is 17.9 Å². The average Bonchev–Trinajstić information content (AvgIpc) is 2.96. The Morgan fingerprint density at radius 1 is 1.38 bits per heavy atom. The Labute approximate surface area is 127 Å². The molecule has 1 aromatic rings. The lowest BCUT2D eigenvalue weighted by molar-refractivity contribution is -0.142. The SMILES string of the molecule is CCCC(CNC(=O)C(C)NC(=O)c1cccs1)C(=O)O. The van der Waals surface area contributed by atoms with Gasteiger partial charge in [-0.3, -0.25) is 14.4 Å². The highest BCUT2D eigenvalue weighted by Crippen LogP contribution is 2.08. The van der Waals surface area contributed by atoms with Gasteiger partial charge in [0.2, 0.25) is 5.91 Å². The molecule has 0 aliphatic heterocycles. The number of hydrogen-bond acceptors (Lipinski definition) is 4. The Morgan fingerprint density at radius 3 is 2.62 bits per heavy atom. The van der Waals surface area contributed by atoms with Gasteiger partial charge in [-0.1, -0.05) is 19.4 Å². The van der Waals surface area contributed by atoms with Crippen molar-refractivity contribution >= 4 is 29.1 Å². The fourth-order valence-corrected chi connectivity index (χ4v) is 2.41. The van der Waals surface area contributed by atoms with Crippen LogP contribution in [0.1, 0.15) is 36.4 Å². The zero-order valence-electron chi connectivity index (χ0n) is 12.1. The summed E-state index contributed by atoms with van der Waals surface area (Å²) >= 11 is 1.29. The molecule has 6 nitrogen and oxygen atoms in total. The van der Waals surface area contributed by atoms with E-state index in [-0.39, 0.29) is 18.4 Å². The zero-order valence-corrected chi connectivity index (χ0v) is 12.9. The number of rotatable bonds is 8. The first-order chi connectivity index (χ1) is 9.95. The summed E-state index contributed by atoms with van der Waals surface area (Å²) in [5.74, 6) is -2.22. The second-order valence-electron chi connectivity index (χ2n) is 4.74. The molecule has 116 valence electrons. The average molecular weight is 312 g/mol. The van der Waals surface area contributed by atoms with Gasteiger partial charge >= 0.3 is 5.97 Å². The quantitative estimate of drug-likeness (QED) is 0.677. The van der Waals surface area contributed by atoms with Crippen LogP contribution in [0.15, 0.2) is 17.5 Å². The van der Waals surface area contributed by atoms with E-state index in [2.05, 4.69) is 10.6 Å². The second-order valence-corrected chi connectivity index (χ2v) is 5.69. The molecule has 21 heavy (non-hydrogen) atoms. The van der Waals surface area contributed by atoms with Crippen molar-refractivity contribution in [2.45, 2.75) is 32.7 Å². The molecule has 2 unspecified atom stereocenters. The minimum absolute atomic E-state index is 0.0707. The molecule has 0 aliphatic rings. The number of amides is 2. The van der Waals surface area contributed by atoms with Crippen LogP contribution >= 0.6 is 11.3 Å². The van der Waals surface area contributed by atoms with E-state index in [0.29, 0.717) is 11.3 Å². The van der Waals surface area contributed by atoms with Crippen molar-refractivity contribution in [1.29, 1.82) is 0 Å². The maximum absolute atomic E-state index is 11.9. The van der Waals surface area contributed by atoms with Gasteiger partial charge in [0.25, 0.3) is 5.91 Å². The van der Waals surface area contributed by atoms with E-state index in [4.69, 9.17) is 5.11 Å². The van der Waals surface area contributed by atoms with E-state index in [0.717, 1.165) is 6.42 Å². The van der Waals surface area contributed by atoms with Crippen molar-refractivity contribution in [3.63, 3.8) is 0 Å². The van der Waals surface area contributed by atoms with E-state index >= 15 is 0 Å². The summed E-state index contributed by atoms with van der Waals surface area (Å²) < 4.78 is 0. The lowest BCUT2D eigenvalue weighted by atomic mass is 10.0. The monoisotopic (exact) mass is 312 g/mol. The normalized spacial score (nSPS) is 13.2. The number of carbonyl (C=O) groups excluding carboxylic acids is 2. The highest BCUT2D eigenvalue weighted by molar-refractivity contribution is 7.12. The highest BCUT2D eigenvalue weighted by atomic mass is 32.1. The Morgan fingerprint density at radius 2 is 2.10 bits per heavy atom. The predicted molar refractivity (Wildman–Crippen MR) is 80.3 cm³/mol. The number of thiophene rings is 1. The van der Waals surface area contributed by atoms with Crippen LogP contribution in [0.25, 0.3) is 0 Å².